The molecule has 1 saturated heterocycles. The number of aromatic nitrogens is 3. The third kappa shape index (κ3) is 4.12. The fourth-order valence-corrected chi connectivity index (χ4v) is 4.36. The Labute approximate surface area is 193 Å². The maximum atomic E-state index is 14.4. The van der Waals surface area contributed by atoms with Crippen LogP contribution >= 0.6 is 0 Å². The standard InChI is InChI=1S/C23H23F3N6O2/c1-12-22(13(2)30-29-12)19-8-21(18(26)9-27-19)34-17-10-31(11-17)23(33)32-20(3-4-28-32)14-5-15(24)7-16(25)6-14/h4-9,17,20,23,33H,3,10-11H2,1-2H3,(H,29,30)/t20-,23?/m0/s1. The molecule has 2 aliphatic rings. The van der Waals surface area contributed by atoms with E-state index in [-0.39, 0.29) is 11.9 Å². The Morgan fingerprint density at radius 3 is 2.53 bits per heavy atom. The highest BCUT2D eigenvalue weighted by Crippen LogP contribution is 2.34. The zero-order valence-corrected chi connectivity index (χ0v) is 18.5. The lowest BCUT2D eigenvalue weighted by Crippen LogP contribution is -2.61. The summed E-state index contributed by atoms with van der Waals surface area (Å²) >= 11 is 0. The van der Waals surface area contributed by atoms with E-state index in [1.54, 1.807) is 17.2 Å². The van der Waals surface area contributed by atoms with E-state index in [9.17, 15) is 18.3 Å². The Morgan fingerprint density at radius 2 is 1.85 bits per heavy atom. The van der Waals surface area contributed by atoms with Gasteiger partial charge in [0.15, 0.2) is 11.6 Å². The maximum absolute atomic E-state index is 14.4. The molecule has 0 spiro atoms. The molecule has 4 heterocycles. The van der Waals surface area contributed by atoms with E-state index in [1.807, 2.05) is 13.8 Å². The van der Waals surface area contributed by atoms with Crippen molar-refractivity contribution < 1.29 is 23.0 Å². The lowest BCUT2D eigenvalue weighted by atomic mass is 10.0. The zero-order valence-electron chi connectivity index (χ0n) is 18.5. The molecule has 0 radical (unpaired) electrons. The summed E-state index contributed by atoms with van der Waals surface area (Å²) in [5.74, 6) is -1.89. The number of aromatic amines is 1. The number of nitrogens with one attached hydrogen (secondary N) is 1. The number of H-pyrrole nitrogens is 1. The van der Waals surface area contributed by atoms with Gasteiger partial charge in [-0.15, -0.1) is 0 Å². The molecule has 2 aromatic heterocycles. The van der Waals surface area contributed by atoms with Gasteiger partial charge in [-0.05, 0) is 31.5 Å². The van der Waals surface area contributed by atoms with Crippen molar-refractivity contribution in [3.8, 4) is 17.0 Å². The monoisotopic (exact) mass is 472 g/mol. The summed E-state index contributed by atoms with van der Waals surface area (Å²) in [6.07, 6.45) is 1.64. The number of pyridine rings is 1. The molecular formula is C23H23F3N6O2. The predicted molar refractivity (Wildman–Crippen MR) is 117 cm³/mol. The number of rotatable bonds is 6. The smallest absolute Gasteiger partial charge is 0.202 e. The molecule has 0 aliphatic carbocycles. The number of nitrogens with zero attached hydrogens (tertiary/aromatic N) is 5. The molecule has 1 unspecified atom stereocenters. The Morgan fingerprint density at radius 1 is 1.12 bits per heavy atom. The first-order valence-electron chi connectivity index (χ1n) is 10.8. The predicted octanol–water partition coefficient (Wildman–Crippen LogP) is 3.28. The molecule has 5 rings (SSSR count). The minimum absolute atomic E-state index is 0.0662. The lowest BCUT2D eigenvalue weighted by Gasteiger charge is -2.45. The number of hydrogen-bond donors (Lipinski definition) is 2. The average molecular weight is 472 g/mol. The van der Waals surface area contributed by atoms with Crippen molar-refractivity contribution in [1.82, 2.24) is 25.1 Å². The summed E-state index contributed by atoms with van der Waals surface area (Å²) < 4.78 is 47.5. The summed E-state index contributed by atoms with van der Waals surface area (Å²) in [5, 5.41) is 23.4. The first-order valence-corrected chi connectivity index (χ1v) is 10.8. The molecule has 2 aliphatic heterocycles. The van der Waals surface area contributed by atoms with Crippen LogP contribution in [-0.2, 0) is 0 Å². The zero-order chi connectivity index (χ0) is 24.0. The molecule has 2 N–H and O–H groups in total. The van der Waals surface area contributed by atoms with Crippen LogP contribution in [0, 0.1) is 31.3 Å². The number of aryl methyl sites for hydroxylation is 2. The van der Waals surface area contributed by atoms with Gasteiger partial charge in [0, 0.05) is 49.1 Å². The number of halogens is 3. The number of ether oxygens (including phenoxy) is 1. The second-order valence-electron chi connectivity index (χ2n) is 8.48. The van der Waals surface area contributed by atoms with Gasteiger partial charge in [-0.1, -0.05) is 0 Å². The SMILES string of the molecule is Cc1n[nH]c(C)c1-c1cc(OC2CN(C(O)N3N=CC[C@H]3c3cc(F)cc(F)c3)C2)c(F)cn1. The molecule has 0 bridgehead atoms. The molecule has 178 valence electrons. The lowest BCUT2D eigenvalue weighted by molar-refractivity contribution is -0.173. The van der Waals surface area contributed by atoms with Gasteiger partial charge in [0.25, 0.3) is 0 Å². The fourth-order valence-electron chi connectivity index (χ4n) is 4.36. The summed E-state index contributed by atoms with van der Waals surface area (Å²) in [7, 11) is 0. The van der Waals surface area contributed by atoms with E-state index in [0.717, 1.165) is 29.2 Å². The normalized spacial score (nSPS) is 19.5. The van der Waals surface area contributed by atoms with Crippen LogP contribution in [0.15, 0.2) is 35.6 Å². The Hall–Kier alpha value is -3.44. The van der Waals surface area contributed by atoms with Crippen LogP contribution in [0.4, 0.5) is 13.2 Å². The first-order chi connectivity index (χ1) is 16.3. The minimum Gasteiger partial charge on any atom is -0.485 e. The maximum Gasteiger partial charge on any atom is 0.202 e. The molecule has 8 nitrogen and oxygen atoms in total. The van der Waals surface area contributed by atoms with Crippen molar-refractivity contribution in [2.75, 3.05) is 13.1 Å². The van der Waals surface area contributed by atoms with Gasteiger partial charge in [-0.25, -0.2) is 18.2 Å². The van der Waals surface area contributed by atoms with E-state index in [2.05, 4.69) is 20.3 Å². The van der Waals surface area contributed by atoms with Crippen LogP contribution in [0.25, 0.3) is 11.3 Å². The van der Waals surface area contributed by atoms with Crippen molar-refractivity contribution in [2.24, 2.45) is 5.10 Å². The number of benzene rings is 1. The van der Waals surface area contributed by atoms with Crippen LogP contribution in [0.2, 0.25) is 0 Å². The van der Waals surface area contributed by atoms with Crippen molar-refractivity contribution in [2.45, 2.75) is 38.8 Å². The van der Waals surface area contributed by atoms with E-state index in [1.165, 1.54) is 17.1 Å². The van der Waals surface area contributed by atoms with E-state index in [0.29, 0.717) is 30.8 Å². The summed E-state index contributed by atoms with van der Waals surface area (Å²) in [6.45, 7) is 4.33. The van der Waals surface area contributed by atoms with Gasteiger partial charge in [-0.2, -0.15) is 10.2 Å². The largest absolute Gasteiger partial charge is 0.485 e. The van der Waals surface area contributed by atoms with Crippen LogP contribution in [0.3, 0.4) is 0 Å². The fraction of sp³-hybridized carbons (Fsp3) is 0.348. The number of hydrogen-bond acceptors (Lipinski definition) is 7. The molecule has 11 heteroatoms. The van der Waals surface area contributed by atoms with E-state index >= 15 is 0 Å². The molecule has 2 atom stereocenters. The van der Waals surface area contributed by atoms with E-state index < -0.39 is 29.8 Å². The average Bonchev–Trinajstić information content (AvgIpc) is 3.37. The Bertz CT molecular complexity index is 1200. The van der Waals surface area contributed by atoms with Gasteiger partial charge in [0.05, 0.1) is 23.6 Å². The van der Waals surface area contributed by atoms with Gasteiger partial charge >= 0.3 is 0 Å². The van der Waals surface area contributed by atoms with E-state index in [4.69, 9.17) is 4.74 Å². The Balaban J connectivity index is 1.24. The third-order valence-corrected chi connectivity index (χ3v) is 6.07. The molecule has 1 aromatic carbocycles. The summed E-state index contributed by atoms with van der Waals surface area (Å²) in [4.78, 5) is 5.84. The Kier molecular flexibility index (Phi) is 5.74. The first kappa shape index (κ1) is 22.4. The highest BCUT2D eigenvalue weighted by atomic mass is 19.1. The van der Waals surface area contributed by atoms with Crippen molar-refractivity contribution in [1.29, 1.82) is 0 Å². The molecule has 34 heavy (non-hydrogen) atoms. The highest BCUT2D eigenvalue weighted by molar-refractivity contribution is 5.65. The van der Waals surface area contributed by atoms with Crippen molar-refractivity contribution in [3.63, 3.8) is 0 Å². The van der Waals surface area contributed by atoms with Gasteiger partial charge < -0.3 is 9.84 Å². The summed E-state index contributed by atoms with van der Waals surface area (Å²) in [6, 6.07) is 4.31. The van der Waals surface area contributed by atoms with Crippen LogP contribution in [0.5, 0.6) is 5.75 Å². The quantitative estimate of drug-likeness (QED) is 0.573. The van der Waals surface area contributed by atoms with Crippen molar-refractivity contribution >= 4 is 6.21 Å². The van der Waals surface area contributed by atoms with Gasteiger partial charge in [0.1, 0.15) is 17.7 Å². The van der Waals surface area contributed by atoms with Gasteiger partial charge in [0.2, 0.25) is 6.35 Å². The van der Waals surface area contributed by atoms with Crippen LogP contribution < -0.4 is 4.74 Å². The number of likely N-dealkylation sites (tertiary alicyclic amines) is 1. The molecule has 0 saturated carbocycles. The minimum atomic E-state index is -1.12. The van der Waals surface area contributed by atoms with Crippen LogP contribution in [0.1, 0.15) is 29.4 Å². The van der Waals surface area contributed by atoms with Crippen molar-refractivity contribution in [3.05, 3.63) is 64.9 Å². The molecule has 1 fully saturated rings. The second kappa shape index (κ2) is 8.73. The summed E-state index contributed by atoms with van der Waals surface area (Å²) in [5.41, 5.74) is 3.30. The van der Waals surface area contributed by atoms with Gasteiger partial charge in [-0.3, -0.25) is 15.0 Å². The number of hydrazone groups is 1. The number of aliphatic hydroxyl groups is 1. The molecular weight excluding hydrogens is 449 g/mol. The second-order valence-corrected chi connectivity index (χ2v) is 8.48. The topological polar surface area (TPSA) is 89.9 Å². The molecule has 3 aromatic rings. The molecule has 0 amide bonds. The third-order valence-electron chi connectivity index (χ3n) is 6.07. The highest BCUT2D eigenvalue weighted by Gasteiger charge is 2.39. The van der Waals surface area contributed by atoms with Crippen LogP contribution in [-0.4, -0.2) is 62.0 Å². The number of aliphatic hydroxyl groups excluding tert-OH is 1.